The normalized spacial score (nSPS) is 10.4. The first-order valence-corrected chi connectivity index (χ1v) is 4.29. The summed E-state index contributed by atoms with van der Waals surface area (Å²) in [5.41, 5.74) is 1.27. The van der Waals surface area contributed by atoms with Gasteiger partial charge in [-0.05, 0) is 22.9 Å². The number of fused-ring (bicyclic) bond motifs is 1. The van der Waals surface area contributed by atoms with E-state index in [9.17, 15) is 0 Å². The standard InChI is InChI=1S/C10H8BCl/c11-9-3-1-7-2-4-10(12)6-8(7)5-9/h1-6H,11H2. The molecule has 0 heterocycles. The van der Waals surface area contributed by atoms with E-state index in [1.54, 1.807) is 0 Å². The molecule has 0 radical (unpaired) electrons. The Morgan fingerprint density at radius 3 is 2.50 bits per heavy atom. The molecule has 0 fully saturated rings. The second kappa shape index (κ2) is 2.83. The number of hydrogen-bond donors (Lipinski definition) is 0. The Bertz CT molecular complexity index is 386. The van der Waals surface area contributed by atoms with Gasteiger partial charge in [-0.25, -0.2) is 0 Å². The molecule has 0 aliphatic rings. The van der Waals surface area contributed by atoms with Gasteiger partial charge in [-0.3, -0.25) is 0 Å². The first-order valence-electron chi connectivity index (χ1n) is 3.92. The summed E-state index contributed by atoms with van der Waals surface area (Å²) in [5.74, 6) is 0. The van der Waals surface area contributed by atoms with Crippen molar-refractivity contribution in [2.45, 2.75) is 0 Å². The van der Waals surface area contributed by atoms with Gasteiger partial charge in [-0.2, -0.15) is 0 Å². The fraction of sp³-hybridized carbons (Fsp3) is 0. The molecule has 0 bridgehead atoms. The Hall–Kier alpha value is -0.945. The maximum Gasteiger partial charge on any atom is 0.139 e. The van der Waals surface area contributed by atoms with Crippen LogP contribution in [0.1, 0.15) is 0 Å². The molecule has 0 aliphatic heterocycles. The molecule has 0 nitrogen and oxygen atoms in total. The lowest BCUT2D eigenvalue weighted by molar-refractivity contribution is 1.78. The second-order valence-electron chi connectivity index (χ2n) is 2.99. The SMILES string of the molecule is Bc1ccc2ccc(Cl)cc2c1. The number of hydrogen-bond acceptors (Lipinski definition) is 0. The molecule has 0 saturated carbocycles. The van der Waals surface area contributed by atoms with Gasteiger partial charge in [0.05, 0.1) is 0 Å². The van der Waals surface area contributed by atoms with E-state index in [0.29, 0.717) is 0 Å². The zero-order valence-electron chi connectivity index (χ0n) is 6.84. The van der Waals surface area contributed by atoms with Crippen molar-refractivity contribution in [3.63, 3.8) is 0 Å². The first kappa shape index (κ1) is 7.69. The van der Waals surface area contributed by atoms with Crippen LogP contribution in [0.2, 0.25) is 5.02 Å². The van der Waals surface area contributed by atoms with Crippen molar-refractivity contribution >= 4 is 35.7 Å². The Morgan fingerprint density at radius 2 is 1.67 bits per heavy atom. The Balaban J connectivity index is 2.80. The minimum absolute atomic E-state index is 0.799. The minimum Gasteiger partial charge on any atom is -0.0883 e. The van der Waals surface area contributed by atoms with Gasteiger partial charge in [-0.15, -0.1) is 0 Å². The highest BCUT2D eigenvalue weighted by Gasteiger charge is 1.93. The molecule has 0 spiro atoms. The summed E-state index contributed by atoms with van der Waals surface area (Å²) in [4.78, 5) is 0. The van der Waals surface area contributed by atoms with Crippen LogP contribution in [0, 0.1) is 0 Å². The summed E-state index contributed by atoms with van der Waals surface area (Å²) in [6.07, 6.45) is 0. The predicted molar refractivity (Wildman–Crippen MR) is 57.1 cm³/mol. The van der Waals surface area contributed by atoms with Crippen LogP contribution in [0.25, 0.3) is 10.8 Å². The van der Waals surface area contributed by atoms with Gasteiger partial charge < -0.3 is 0 Å². The van der Waals surface area contributed by atoms with Crippen molar-refractivity contribution in [2.75, 3.05) is 0 Å². The molecule has 0 aliphatic carbocycles. The quantitative estimate of drug-likeness (QED) is 0.534. The minimum atomic E-state index is 0.799. The summed E-state index contributed by atoms with van der Waals surface area (Å²) in [6, 6.07) is 12.3. The van der Waals surface area contributed by atoms with Crippen LogP contribution in [-0.2, 0) is 0 Å². The van der Waals surface area contributed by atoms with E-state index in [1.165, 1.54) is 16.2 Å². The lowest BCUT2D eigenvalue weighted by Crippen LogP contribution is -1.99. The van der Waals surface area contributed by atoms with Crippen LogP contribution in [0.5, 0.6) is 0 Å². The van der Waals surface area contributed by atoms with Crippen molar-refractivity contribution in [1.82, 2.24) is 0 Å². The summed E-state index contributed by atoms with van der Waals surface area (Å²) in [7, 11) is 2.08. The highest BCUT2D eigenvalue weighted by Crippen LogP contribution is 2.17. The molecule has 0 saturated heterocycles. The maximum absolute atomic E-state index is 5.87. The van der Waals surface area contributed by atoms with E-state index in [1.807, 2.05) is 18.2 Å². The number of halogens is 1. The molecule has 0 aromatic heterocycles. The lowest BCUT2D eigenvalue weighted by Gasteiger charge is -1.99. The van der Waals surface area contributed by atoms with Gasteiger partial charge in [0.2, 0.25) is 0 Å². The third kappa shape index (κ3) is 1.33. The molecule has 0 amide bonds. The molecule has 2 aromatic rings. The zero-order valence-corrected chi connectivity index (χ0v) is 7.60. The molecule has 0 N–H and O–H groups in total. The average Bonchev–Trinajstić information content (AvgIpc) is 2.03. The molecule has 2 heteroatoms. The fourth-order valence-electron chi connectivity index (χ4n) is 1.34. The lowest BCUT2D eigenvalue weighted by atomic mass is 9.94. The predicted octanol–water partition coefficient (Wildman–Crippen LogP) is 1.75. The van der Waals surface area contributed by atoms with Crippen molar-refractivity contribution in [3.8, 4) is 0 Å². The van der Waals surface area contributed by atoms with E-state index in [4.69, 9.17) is 11.6 Å². The summed E-state index contributed by atoms with van der Waals surface area (Å²) in [6.45, 7) is 0. The molecule has 0 unspecified atom stereocenters. The number of rotatable bonds is 0. The Morgan fingerprint density at radius 1 is 0.917 bits per heavy atom. The fourth-order valence-corrected chi connectivity index (χ4v) is 1.52. The van der Waals surface area contributed by atoms with Crippen LogP contribution in [-0.4, -0.2) is 7.85 Å². The van der Waals surface area contributed by atoms with Gasteiger partial charge in [0, 0.05) is 5.02 Å². The van der Waals surface area contributed by atoms with Gasteiger partial charge in [0.15, 0.2) is 0 Å². The van der Waals surface area contributed by atoms with Crippen LogP contribution < -0.4 is 5.46 Å². The monoisotopic (exact) mass is 174 g/mol. The van der Waals surface area contributed by atoms with Crippen LogP contribution >= 0.6 is 11.6 Å². The average molecular weight is 174 g/mol. The molecular formula is C10H8BCl. The van der Waals surface area contributed by atoms with Gasteiger partial charge in [-0.1, -0.05) is 41.3 Å². The van der Waals surface area contributed by atoms with E-state index in [2.05, 4.69) is 26.0 Å². The first-order chi connectivity index (χ1) is 5.75. The van der Waals surface area contributed by atoms with Crippen molar-refractivity contribution < 1.29 is 0 Å². The second-order valence-corrected chi connectivity index (χ2v) is 3.43. The van der Waals surface area contributed by atoms with Crippen molar-refractivity contribution in [1.29, 1.82) is 0 Å². The highest BCUT2D eigenvalue weighted by atomic mass is 35.5. The largest absolute Gasteiger partial charge is 0.139 e. The van der Waals surface area contributed by atoms with E-state index in [-0.39, 0.29) is 0 Å². The topological polar surface area (TPSA) is 0 Å². The van der Waals surface area contributed by atoms with Gasteiger partial charge in [0.25, 0.3) is 0 Å². The van der Waals surface area contributed by atoms with Crippen molar-refractivity contribution in [3.05, 3.63) is 41.4 Å². The highest BCUT2D eigenvalue weighted by molar-refractivity contribution is 6.34. The Labute approximate surface area is 77.6 Å². The third-order valence-corrected chi connectivity index (χ3v) is 2.19. The molecule has 0 atom stereocenters. The molecular weight excluding hydrogens is 166 g/mol. The van der Waals surface area contributed by atoms with Crippen LogP contribution in [0.3, 0.4) is 0 Å². The van der Waals surface area contributed by atoms with Crippen LogP contribution in [0.4, 0.5) is 0 Å². The molecule has 2 aromatic carbocycles. The van der Waals surface area contributed by atoms with Crippen LogP contribution in [0.15, 0.2) is 36.4 Å². The van der Waals surface area contributed by atoms with Gasteiger partial charge >= 0.3 is 0 Å². The van der Waals surface area contributed by atoms with E-state index in [0.717, 1.165) is 5.02 Å². The zero-order chi connectivity index (χ0) is 8.55. The summed E-state index contributed by atoms with van der Waals surface area (Å²) in [5, 5.41) is 3.25. The van der Waals surface area contributed by atoms with Gasteiger partial charge in [0.1, 0.15) is 7.85 Å². The Kier molecular flexibility index (Phi) is 1.82. The maximum atomic E-state index is 5.87. The summed E-state index contributed by atoms with van der Waals surface area (Å²) < 4.78 is 0. The smallest absolute Gasteiger partial charge is 0.0883 e. The molecule has 2 rings (SSSR count). The molecule has 58 valence electrons. The van der Waals surface area contributed by atoms with E-state index < -0.39 is 0 Å². The van der Waals surface area contributed by atoms with E-state index >= 15 is 0 Å². The molecule has 12 heavy (non-hydrogen) atoms. The third-order valence-electron chi connectivity index (χ3n) is 1.96. The summed E-state index contributed by atoms with van der Waals surface area (Å²) >= 11 is 5.87. The van der Waals surface area contributed by atoms with Crippen molar-refractivity contribution in [2.24, 2.45) is 0 Å². The number of benzene rings is 2.